The van der Waals surface area contributed by atoms with Gasteiger partial charge in [0.2, 0.25) is 5.91 Å². The van der Waals surface area contributed by atoms with Crippen LogP contribution in [0.1, 0.15) is 39.5 Å². The van der Waals surface area contributed by atoms with Crippen LogP contribution < -0.4 is 11.1 Å². The van der Waals surface area contributed by atoms with Crippen molar-refractivity contribution in [2.45, 2.75) is 57.2 Å². The summed E-state index contributed by atoms with van der Waals surface area (Å²) in [5.41, 5.74) is 4.52. The molecule has 1 aliphatic carbocycles. The molecule has 0 unspecified atom stereocenters. The summed E-state index contributed by atoms with van der Waals surface area (Å²) in [7, 11) is 0. The van der Waals surface area contributed by atoms with Crippen LogP contribution in [0.25, 0.3) is 0 Å². The van der Waals surface area contributed by atoms with Gasteiger partial charge in [0.15, 0.2) is 0 Å². The van der Waals surface area contributed by atoms with Crippen molar-refractivity contribution in [3.8, 4) is 0 Å². The van der Waals surface area contributed by atoms with Crippen LogP contribution in [0.4, 0.5) is 0 Å². The van der Waals surface area contributed by atoms with E-state index in [1.807, 2.05) is 0 Å². The van der Waals surface area contributed by atoms with Gasteiger partial charge in [-0.3, -0.25) is 10.1 Å². The molecule has 1 saturated carbocycles. The van der Waals surface area contributed by atoms with Gasteiger partial charge in [0.25, 0.3) is 0 Å². The monoisotopic (exact) mass is 200 g/mol. The molecule has 0 saturated heterocycles. The average molecular weight is 200 g/mol. The van der Waals surface area contributed by atoms with Crippen molar-refractivity contribution in [2.75, 3.05) is 0 Å². The molecule has 0 spiro atoms. The standard InChI is InChI=1S/C10H20N2O2/c1-10(2,9(11)14)12-7-5-3-4-6-8(7)13/h7-8,12-13H,3-6H2,1-2H3,(H2,11,14)/t7-,8-/m1/s1. The molecule has 0 aromatic rings. The van der Waals surface area contributed by atoms with E-state index in [2.05, 4.69) is 5.32 Å². The molecule has 14 heavy (non-hydrogen) atoms. The lowest BCUT2D eigenvalue weighted by molar-refractivity contribution is -0.123. The molecule has 0 aromatic heterocycles. The summed E-state index contributed by atoms with van der Waals surface area (Å²) < 4.78 is 0. The lowest BCUT2D eigenvalue weighted by atomic mass is 9.90. The number of aliphatic hydroxyl groups is 1. The van der Waals surface area contributed by atoms with Gasteiger partial charge in [-0.25, -0.2) is 0 Å². The predicted octanol–water partition coefficient (Wildman–Crippen LogP) is 0.143. The highest BCUT2D eigenvalue weighted by Gasteiger charge is 2.32. The fraction of sp³-hybridized carbons (Fsp3) is 0.900. The van der Waals surface area contributed by atoms with Gasteiger partial charge < -0.3 is 10.8 Å². The third-order valence-corrected chi connectivity index (χ3v) is 2.89. The lowest BCUT2D eigenvalue weighted by Crippen LogP contribution is -2.58. The minimum absolute atomic E-state index is 0.00579. The van der Waals surface area contributed by atoms with Crippen molar-refractivity contribution in [3.05, 3.63) is 0 Å². The number of hydrogen-bond acceptors (Lipinski definition) is 3. The van der Waals surface area contributed by atoms with Crippen LogP contribution in [0, 0.1) is 0 Å². The largest absolute Gasteiger partial charge is 0.392 e. The Bertz CT molecular complexity index is 216. The number of hydrogen-bond donors (Lipinski definition) is 3. The van der Waals surface area contributed by atoms with Gasteiger partial charge in [0.05, 0.1) is 11.6 Å². The van der Waals surface area contributed by atoms with Gasteiger partial charge in [0, 0.05) is 6.04 Å². The van der Waals surface area contributed by atoms with E-state index in [0.29, 0.717) is 0 Å². The molecule has 0 aliphatic heterocycles. The Balaban J connectivity index is 2.53. The predicted molar refractivity (Wildman–Crippen MR) is 54.7 cm³/mol. The van der Waals surface area contributed by atoms with E-state index in [9.17, 15) is 9.90 Å². The molecule has 0 bridgehead atoms. The summed E-state index contributed by atoms with van der Waals surface area (Å²) >= 11 is 0. The van der Waals surface area contributed by atoms with Crippen LogP contribution in [0.5, 0.6) is 0 Å². The lowest BCUT2D eigenvalue weighted by Gasteiger charge is -2.34. The first-order valence-corrected chi connectivity index (χ1v) is 5.19. The summed E-state index contributed by atoms with van der Waals surface area (Å²) in [5, 5.41) is 12.8. The summed E-state index contributed by atoms with van der Waals surface area (Å²) in [4.78, 5) is 11.1. The first-order chi connectivity index (χ1) is 6.43. The van der Waals surface area contributed by atoms with E-state index in [1.54, 1.807) is 13.8 Å². The van der Waals surface area contributed by atoms with Crippen LogP contribution in [0.2, 0.25) is 0 Å². The zero-order valence-corrected chi connectivity index (χ0v) is 8.92. The van der Waals surface area contributed by atoms with E-state index in [1.165, 1.54) is 0 Å². The van der Waals surface area contributed by atoms with Crippen LogP contribution >= 0.6 is 0 Å². The second-order valence-corrected chi connectivity index (χ2v) is 4.59. The normalized spacial score (nSPS) is 28.8. The summed E-state index contributed by atoms with van der Waals surface area (Å²) in [6.45, 7) is 3.49. The Kier molecular flexibility index (Phi) is 3.50. The SMILES string of the molecule is CC(C)(N[C@@H]1CCCC[C@H]1O)C(N)=O. The molecule has 82 valence electrons. The smallest absolute Gasteiger partial charge is 0.237 e. The third-order valence-electron chi connectivity index (χ3n) is 2.89. The molecule has 0 heterocycles. The summed E-state index contributed by atoms with van der Waals surface area (Å²) in [6.07, 6.45) is 3.55. The molecular formula is C10H20N2O2. The molecule has 4 N–H and O–H groups in total. The Hall–Kier alpha value is -0.610. The molecule has 4 heteroatoms. The van der Waals surface area contributed by atoms with Gasteiger partial charge in [0.1, 0.15) is 0 Å². The molecule has 0 aromatic carbocycles. The maximum atomic E-state index is 11.1. The molecule has 1 amide bonds. The second kappa shape index (κ2) is 4.28. The number of aliphatic hydroxyl groups excluding tert-OH is 1. The van der Waals surface area contributed by atoms with Crippen molar-refractivity contribution in [3.63, 3.8) is 0 Å². The third kappa shape index (κ3) is 2.69. The average Bonchev–Trinajstić information content (AvgIpc) is 2.08. The van der Waals surface area contributed by atoms with E-state index < -0.39 is 5.54 Å². The van der Waals surface area contributed by atoms with Crippen molar-refractivity contribution < 1.29 is 9.90 Å². The molecule has 0 radical (unpaired) electrons. The number of primary amides is 1. The van der Waals surface area contributed by atoms with E-state index in [4.69, 9.17) is 5.73 Å². The zero-order valence-electron chi connectivity index (χ0n) is 8.92. The molecule has 1 aliphatic rings. The summed E-state index contributed by atoms with van der Waals surface area (Å²) in [5.74, 6) is -0.379. The van der Waals surface area contributed by atoms with Gasteiger partial charge in [-0.15, -0.1) is 0 Å². The quantitative estimate of drug-likeness (QED) is 0.606. The molecule has 1 fully saturated rings. The summed E-state index contributed by atoms with van der Waals surface area (Å²) in [6, 6.07) is 0.00579. The van der Waals surface area contributed by atoms with Crippen molar-refractivity contribution in [1.29, 1.82) is 0 Å². The topological polar surface area (TPSA) is 75.3 Å². The Morgan fingerprint density at radius 3 is 2.50 bits per heavy atom. The number of carbonyl (C=O) groups excluding carboxylic acids is 1. The van der Waals surface area contributed by atoms with Crippen LogP contribution in [0.3, 0.4) is 0 Å². The highest BCUT2D eigenvalue weighted by Crippen LogP contribution is 2.20. The van der Waals surface area contributed by atoms with Gasteiger partial charge in [-0.1, -0.05) is 12.8 Å². The van der Waals surface area contributed by atoms with E-state index >= 15 is 0 Å². The highest BCUT2D eigenvalue weighted by atomic mass is 16.3. The van der Waals surface area contributed by atoms with Crippen molar-refractivity contribution in [1.82, 2.24) is 5.32 Å². The van der Waals surface area contributed by atoms with E-state index in [0.717, 1.165) is 25.7 Å². The minimum atomic E-state index is -0.733. The van der Waals surface area contributed by atoms with Gasteiger partial charge in [-0.2, -0.15) is 0 Å². The Morgan fingerprint density at radius 2 is 2.00 bits per heavy atom. The fourth-order valence-electron chi connectivity index (χ4n) is 1.81. The number of nitrogens with one attached hydrogen (secondary N) is 1. The van der Waals surface area contributed by atoms with Gasteiger partial charge in [-0.05, 0) is 26.7 Å². The maximum Gasteiger partial charge on any atom is 0.237 e. The number of nitrogens with two attached hydrogens (primary N) is 1. The van der Waals surface area contributed by atoms with E-state index in [-0.39, 0.29) is 18.1 Å². The number of carbonyl (C=O) groups is 1. The number of rotatable bonds is 3. The minimum Gasteiger partial charge on any atom is -0.392 e. The second-order valence-electron chi connectivity index (χ2n) is 4.59. The molecular weight excluding hydrogens is 180 g/mol. The molecule has 1 rings (SSSR count). The van der Waals surface area contributed by atoms with Gasteiger partial charge >= 0.3 is 0 Å². The molecule has 4 nitrogen and oxygen atoms in total. The van der Waals surface area contributed by atoms with Crippen LogP contribution in [-0.2, 0) is 4.79 Å². The zero-order chi connectivity index (χ0) is 10.8. The first kappa shape index (κ1) is 11.5. The van der Waals surface area contributed by atoms with Crippen LogP contribution in [-0.4, -0.2) is 28.7 Å². The maximum absolute atomic E-state index is 11.1. The number of amides is 1. The van der Waals surface area contributed by atoms with Crippen LogP contribution in [0.15, 0.2) is 0 Å². The van der Waals surface area contributed by atoms with Crippen molar-refractivity contribution in [2.24, 2.45) is 5.73 Å². The Labute approximate surface area is 84.9 Å². The van der Waals surface area contributed by atoms with Crippen molar-refractivity contribution >= 4 is 5.91 Å². The Morgan fingerprint density at radius 1 is 1.43 bits per heavy atom. The fourth-order valence-corrected chi connectivity index (χ4v) is 1.81. The highest BCUT2D eigenvalue weighted by molar-refractivity contribution is 5.83. The molecule has 2 atom stereocenters. The first-order valence-electron chi connectivity index (χ1n) is 5.19.